The summed E-state index contributed by atoms with van der Waals surface area (Å²) >= 11 is 0. The summed E-state index contributed by atoms with van der Waals surface area (Å²) in [4.78, 5) is 94.8. The van der Waals surface area contributed by atoms with Crippen molar-refractivity contribution in [3.05, 3.63) is 83.9 Å². The van der Waals surface area contributed by atoms with Gasteiger partial charge in [-0.05, 0) is 30.2 Å². The second-order valence-electron chi connectivity index (χ2n) is 15.3. The molecule has 3 aliphatic rings. The molecule has 0 spiro atoms. The zero-order valence-corrected chi connectivity index (χ0v) is 32.7. The van der Waals surface area contributed by atoms with E-state index in [1.54, 1.807) is 64.1 Å². The van der Waals surface area contributed by atoms with Gasteiger partial charge in [0.1, 0.15) is 12.2 Å². The van der Waals surface area contributed by atoms with Gasteiger partial charge < -0.3 is 33.2 Å². The summed E-state index contributed by atoms with van der Waals surface area (Å²) in [5.41, 5.74) is -3.42. The van der Waals surface area contributed by atoms with Crippen LogP contribution in [0.3, 0.4) is 0 Å². The number of ketones is 1. The van der Waals surface area contributed by atoms with E-state index < -0.39 is 113 Å². The highest BCUT2D eigenvalue weighted by Gasteiger charge is 2.69. The molecule has 3 fully saturated rings. The van der Waals surface area contributed by atoms with Crippen molar-refractivity contribution in [1.29, 1.82) is 0 Å². The average Bonchev–Trinajstić information content (AvgIpc) is 3.91. The molecule has 0 bridgehead atoms. The minimum atomic E-state index is -2.09. The van der Waals surface area contributed by atoms with Crippen molar-refractivity contribution >= 4 is 41.6 Å². The zero-order valence-electron chi connectivity index (χ0n) is 32.7. The maximum atomic E-state index is 15.0. The minimum Gasteiger partial charge on any atom is -0.462 e. The first-order chi connectivity index (χ1) is 26.3. The first-order valence-electron chi connectivity index (χ1n) is 18.4. The summed E-state index contributed by atoms with van der Waals surface area (Å²) in [7, 11) is 0. The fourth-order valence-electron chi connectivity index (χ4n) is 8.33. The van der Waals surface area contributed by atoms with Gasteiger partial charge in [-0.2, -0.15) is 0 Å². The number of hydrogen-bond acceptors (Lipinski definition) is 14. The predicted molar refractivity (Wildman–Crippen MR) is 195 cm³/mol. The number of fused-ring (bicyclic) bond motifs is 2. The first-order valence-corrected chi connectivity index (χ1v) is 18.4. The van der Waals surface area contributed by atoms with E-state index in [1.807, 2.05) is 0 Å². The number of epoxide rings is 1. The Morgan fingerprint density at radius 2 is 1.18 bits per heavy atom. The van der Waals surface area contributed by atoms with Crippen molar-refractivity contribution in [2.75, 3.05) is 0 Å². The second kappa shape index (κ2) is 16.4. The SMILES string of the molecule is C=C1[C@H](OC(C)=O)[C@@H](OC(=O)c2ccccc2)[C@@H](OC(=O)c2ccccc2)C(C)(C)[C@@H]2O[C@H]2[C@@H](C)C(=O)[C@]2(OC(C)=O)C[C@@H](C)[C@H](OC(C)=O)[C@@H]2[C@H]1OC(C)=O. The summed E-state index contributed by atoms with van der Waals surface area (Å²) in [6, 6.07) is 15.9. The maximum absolute atomic E-state index is 15.0. The highest BCUT2D eigenvalue weighted by Crippen LogP contribution is 2.54. The van der Waals surface area contributed by atoms with Gasteiger partial charge in [-0.25, -0.2) is 9.59 Å². The number of carbonyl (C=O) groups is 7. The summed E-state index contributed by atoms with van der Waals surface area (Å²) in [6.45, 7) is 15.3. The van der Waals surface area contributed by atoms with Crippen LogP contribution in [0, 0.1) is 23.2 Å². The van der Waals surface area contributed by atoms with Gasteiger partial charge in [0.15, 0.2) is 29.7 Å². The molecule has 2 saturated carbocycles. The van der Waals surface area contributed by atoms with E-state index in [1.165, 1.54) is 24.3 Å². The summed E-state index contributed by atoms with van der Waals surface area (Å²) in [5, 5.41) is 0. The number of Topliss-reactive ketones (excluding diaryl/α,β-unsaturated/α-hetero) is 1. The Hall–Kier alpha value is -5.37. The largest absolute Gasteiger partial charge is 0.462 e. The van der Waals surface area contributed by atoms with Crippen LogP contribution in [0.25, 0.3) is 0 Å². The Morgan fingerprint density at radius 3 is 1.68 bits per heavy atom. The van der Waals surface area contributed by atoms with Gasteiger partial charge >= 0.3 is 35.8 Å². The smallest absolute Gasteiger partial charge is 0.338 e. The van der Waals surface area contributed by atoms with Crippen LogP contribution in [0.2, 0.25) is 0 Å². The molecule has 11 atom stereocenters. The molecule has 2 aromatic carbocycles. The molecule has 2 aromatic rings. The lowest BCUT2D eigenvalue weighted by atomic mass is 9.69. The quantitative estimate of drug-likeness (QED) is 0.155. The molecule has 1 aliphatic heterocycles. The van der Waals surface area contributed by atoms with Crippen LogP contribution in [0.5, 0.6) is 0 Å². The van der Waals surface area contributed by atoms with Gasteiger partial charge in [0.05, 0.1) is 29.3 Å². The molecule has 1 saturated heterocycles. The third-order valence-electron chi connectivity index (χ3n) is 10.8. The van der Waals surface area contributed by atoms with Crippen molar-refractivity contribution in [2.24, 2.45) is 23.2 Å². The monoisotopic (exact) mass is 776 g/mol. The standard InChI is InChI=1S/C42H48O14/c1-21-20-42(56-27(7)46)30(31(21)50-24(4)43)32(51-25(5)44)22(2)33(52-26(6)45)35(54-39(48)28-16-12-10-13-17-28)38(55-40(49)29-18-14-11-15-19-29)41(8,9)37-34(53-37)23(3)36(42)47/h10-19,21,23,30-35,37-38H,2,20H2,1,3-9H3/t21-,23-,30-,31+,32+,33+,34+,35-,37-,38-,42+/m1/s1. The number of rotatable bonds is 8. The zero-order chi connectivity index (χ0) is 41.3. The van der Waals surface area contributed by atoms with E-state index >= 15 is 4.79 Å². The van der Waals surface area contributed by atoms with E-state index in [0.29, 0.717) is 0 Å². The minimum absolute atomic E-state index is 0.0986. The van der Waals surface area contributed by atoms with Crippen molar-refractivity contribution in [3.63, 3.8) is 0 Å². The van der Waals surface area contributed by atoms with Gasteiger partial charge in [0.2, 0.25) is 0 Å². The molecule has 14 heteroatoms. The third-order valence-corrected chi connectivity index (χ3v) is 10.8. The molecule has 0 amide bonds. The number of esters is 6. The van der Waals surface area contributed by atoms with Gasteiger partial charge in [-0.3, -0.25) is 24.0 Å². The van der Waals surface area contributed by atoms with E-state index in [9.17, 15) is 28.8 Å². The van der Waals surface area contributed by atoms with Crippen LogP contribution in [0.4, 0.5) is 0 Å². The molecule has 300 valence electrons. The third kappa shape index (κ3) is 8.40. The lowest BCUT2D eigenvalue weighted by Gasteiger charge is -2.45. The lowest BCUT2D eigenvalue weighted by molar-refractivity contribution is -0.188. The highest BCUT2D eigenvalue weighted by molar-refractivity contribution is 5.93. The van der Waals surface area contributed by atoms with Crippen LogP contribution in [0.1, 0.15) is 82.5 Å². The normalized spacial score (nSPS) is 32.1. The summed E-state index contributed by atoms with van der Waals surface area (Å²) < 4.78 is 42.5. The Morgan fingerprint density at radius 1 is 0.679 bits per heavy atom. The Balaban J connectivity index is 1.82. The number of benzene rings is 2. The van der Waals surface area contributed by atoms with E-state index in [2.05, 4.69) is 6.58 Å². The maximum Gasteiger partial charge on any atom is 0.338 e. The molecule has 0 unspecified atom stereocenters. The van der Waals surface area contributed by atoms with Crippen molar-refractivity contribution in [1.82, 2.24) is 0 Å². The molecule has 0 N–H and O–H groups in total. The summed E-state index contributed by atoms with van der Waals surface area (Å²) in [5.74, 6) is -8.85. The van der Waals surface area contributed by atoms with Crippen LogP contribution < -0.4 is 0 Å². The topological polar surface area (TPSA) is 187 Å². The van der Waals surface area contributed by atoms with Crippen molar-refractivity contribution in [3.8, 4) is 0 Å². The Labute approximate surface area is 325 Å². The molecule has 2 aliphatic carbocycles. The highest BCUT2D eigenvalue weighted by atomic mass is 16.6. The molecule has 14 nitrogen and oxygen atoms in total. The van der Waals surface area contributed by atoms with Gasteiger partial charge in [0.25, 0.3) is 0 Å². The summed E-state index contributed by atoms with van der Waals surface area (Å²) in [6.07, 6.45) is -9.79. The van der Waals surface area contributed by atoms with Crippen molar-refractivity contribution < 1.29 is 66.7 Å². The van der Waals surface area contributed by atoms with Crippen molar-refractivity contribution in [2.45, 2.75) is 110 Å². The number of ether oxygens (including phenoxy) is 7. The van der Waals surface area contributed by atoms with E-state index in [-0.39, 0.29) is 23.1 Å². The molecular formula is C42H48O14. The molecule has 0 radical (unpaired) electrons. The van der Waals surface area contributed by atoms with Gasteiger partial charge in [-0.15, -0.1) is 0 Å². The van der Waals surface area contributed by atoms with Crippen LogP contribution >= 0.6 is 0 Å². The van der Waals surface area contributed by atoms with E-state index in [4.69, 9.17) is 33.2 Å². The Bertz CT molecular complexity index is 1870. The lowest BCUT2D eigenvalue weighted by Crippen LogP contribution is -2.60. The molecular weight excluding hydrogens is 728 g/mol. The average molecular weight is 777 g/mol. The fraction of sp³-hybridized carbons (Fsp3) is 0.500. The van der Waals surface area contributed by atoms with Crippen LogP contribution in [-0.4, -0.2) is 89.9 Å². The fourth-order valence-corrected chi connectivity index (χ4v) is 8.33. The van der Waals surface area contributed by atoms with Crippen LogP contribution in [0.15, 0.2) is 72.8 Å². The first kappa shape index (κ1) is 41.8. The van der Waals surface area contributed by atoms with E-state index in [0.717, 1.165) is 27.7 Å². The second-order valence-corrected chi connectivity index (χ2v) is 15.3. The molecule has 56 heavy (non-hydrogen) atoms. The molecule has 5 rings (SSSR count). The number of hydrogen-bond donors (Lipinski definition) is 0. The molecule has 0 aromatic heterocycles. The van der Waals surface area contributed by atoms with Gasteiger partial charge in [-0.1, -0.05) is 70.7 Å². The van der Waals surface area contributed by atoms with Gasteiger partial charge in [0, 0.05) is 51.0 Å². The predicted octanol–water partition coefficient (Wildman–Crippen LogP) is 4.76. The molecule has 1 heterocycles. The Kier molecular flexibility index (Phi) is 12.2. The number of carbonyl (C=O) groups excluding carboxylic acids is 7. The van der Waals surface area contributed by atoms with Crippen LogP contribution in [-0.2, 0) is 57.1 Å².